The molecule has 1 heterocycles. The van der Waals surface area contributed by atoms with E-state index in [0.717, 1.165) is 16.8 Å². The molecule has 0 saturated heterocycles. The molecule has 0 radical (unpaired) electrons. The summed E-state index contributed by atoms with van der Waals surface area (Å²) in [7, 11) is 0. The molecule has 0 aliphatic rings. The van der Waals surface area contributed by atoms with E-state index in [1.165, 1.54) is 0 Å². The first-order valence-electron chi connectivity index (χ1n) is 6.67. The van der Waals surface area contributed by atoms with Gasteiger partial charge in [-0.15, -0.1) is 0 Å². The van der Waals surface area contributed by atoms with E-state index in [2.05, 4.69) is 24.3 Å². The third-order valence-electron chi connectivity index (χ3n) is 3.03. The minimum Gasteiger partial charge on any atom is -0.396 e. The molecule has 108 valence electrons. The van der Waals surface area contributed by atoms with Crippen molar-refractivity contribution in [2.45, 2.75) is 32.4 Å². The first-order chi connectivity index (χ1) is 9.61. The fourth-order valence-electron chi connectivity index (χ4n) is 2.13. The van der Waals surface area contributed by atoms with Gasteiger partial charge in [-0.1, -0.05) is 28.9 Å². The van der Waals surface area contributed by atoms with Crippen molar-refractivity contribution >= 4 is 11.6 Å². The number of aliphatic hydroxyl groups is 1. The molecule has 1 unspecified atom stereocenters. The number of hydrogen-bond donors (Lipinski definition) is 2. The lowest BCUT2D eigenvalue weighted by atomic mass is 9.99. The predicted molar refractivity (Wildman–Crippen MR) is 78.9 cm³/mol. The summed E-state index contributed by atoms with van der Waals surface area (Å²) in [5.74, 6) is 0. The van der Waals surface area contributed by atoms with Crippen molar-refractivity contribution in [1.29, 1.82) is 0 Å². The Bertz CT molecular complexity index is 537. The maximum atomic E-state index is 9.13. The lowest BCUT2D eigenvalue weighted by molar-refractivity contribution is 0.298. The molecule has 0 bridgehead atoms. The Morgan fingerprint density at radius 2 is 2.00 bits per heavy atom. The van der Waals surface area contributed by atoms with Crippen LogP contribution < -0.4 is 5.32 Å². The second-order valence-corrected chi connectivity index (χ2v) is 5.44. The maximum absolute atomic E-state index is 9.13. The summed E-state index contributed by atoms with van der Waals surface area (Å²) in [5.41, 5.74) is 2.80. The Morgan fingerprint density at radius 3 is 2.60 bits per heavy atom. The number of nitrogens with zero attached hydrogens (tertiary/aromatic N) is 1. The fourth-order valence-corrected chi connectivity index (χ4v) is 2.26. The molecule has 2 aromatic rings. The van der Waals surface area contributed by atoms with Crippen LogP contribution in [-0.4, -0.2) is 22.9 Å². The molecule has 2 rings (SSSR count). The third kappa shape index (κ3) is 3.60. The lowest BCUT2D eigenvalue weighted by Crippen LogP contribution is -2.30. The molecular weight excluding hydrogens is 276 g/mol. The normalized spacial score (nSPS) is 12.8. The zero-order chi connectivity index (χ0) is 14.5. The van der Waals surface area contributed by atoms with E-state index >= 15 is 0 Å². The van der Waals surface area contributed by atoms with Crippen molar-refractivity contribution in [3.8, 4) is 0 Å². The summed E-state index contributed by atoms with van der Waals surface area (Å²) in [5, 5.41) is 17.4. The van der Waals surface area contributed by atoms with Crippen LogP contribution in [0.25, 0.3) is 0 Å². The highest BCUT2D eigenvalue weighted by atomic mass is 35.5. The topological polar surface area (TPSA) is 58.3 Å². The highest BCUT2D eigenvalue weighted by Crippen LogP contribution is 2.26. The van der Waals surface area contributed by atoms with E-state index in [4.69, 9.17) is 21.2 Å². The molecule has 5 heteroatoms. The summed E-state index contributed by atoms with van der Waals surface area (Å²) in [6, 6.07) is 7.87. The van der Waals surface area contributed by atoms with Gasteiger partial charge in [0.1, 0.15) is 12.0 Å². The summed E-state index contributed by atoms with van der Waals surface area (Å²) < 4.78 is 5.08. The molecular formula is C15H19ClN2O2. The van der Waals surface area contributed by atoms with Crippen LogP contribution in [0.4, 0.5) is 0 Å². The minimum atomic E-state index is -0.0763. The number of hydrogen-bond acceptors (Lipinski definition) is 4. The van der Waals surface area contributed by atoms with Crippen LogP contribution in [0.1, 0.15) is 36.7 Å². The summed E-state index contributed by atoms with van der Waals surface area (Å²) in [6.07, 6.45) is 2.12. The summed E-state index contributed by atoms with van der Waals surface area (Å²) >= 11 is 5.94. The van der Waals surface area contributed by atoms with E-state index in [1.807, 2.05) is 24.3 Å². The van der Waals surface area contributed by atoms with Crippen LogP contribution in [0.5, 0.6) is 0 Å². The standard InChI is InChI=1S/C15H19ClN2O2/c1-10(2)17-14(11-3-5-13(16)6-4-11)15-12(7-8-19)9-20-18-15/h3-6,9-10,14,17,19H,7-8H2,1-2H3. The highest BCUT2D eigenvalue weighted by Gasteiger charge is 2.21. The largest absolute Gasteiger partial charge is 0.396 e. The van der Waals surface area contributed by atoms with Gasteiger partial charge >= 0.3 is 0 Å². The van der Waals surface area contributed by atoms with Crippen molar-refractivity contribution in [2.75, 3.05) is 6.61 Å². The number of aromatic nitrogens is 1. The van der Waals surface area contributed by atoms with E-state index in [1.54, 1.807) is 6.26 Å². The van der Waals surface area contributed by atoms with Crippen LogP contribution in [0.15, 0.2) is 35.1 Å². The van der Waals surface area contributed by atoms with E-state index in [0.29, 0.717) is 11.4 Å². The minimum absolute atomic E-state index is 0.0726. The van der Waals surface area contributed by atoms with Gasteiger partial charge in [0.15, 0.2) is 0 Å². The molecule has 0 aliphatic heterocycles. The van der Waals surface area contributed by atoms with Gasteiger partial charge in [-0.3, -0.25) is 0 Å². The molecule has 0 spiro atoms. The van der Waals surface area contributed by atoms with Crippen molar-refractivity contribution in [3.63, 3.8) is 0 Å². The highest BCUT2D eigenvalue weighted by molar-refractivity contribution is 6.30. The van der Waals surface area contributed by atoms with Gasteiger partial charge in [-0.05, 0) is 31.5 Å². The Hall–Kier alpha value is -1.36. The molecule has 0 aliphatic carbocycles. The van der Waals surface area contributed by atoms with E-state index < -0.39 is 0 Å². The van der Waals surface area contributed by atoms with Crippen molar-refractivity contribution in [2.24, 2.45) is 0 Å². The molecule has 4 nitrogen and oxygen atoms in total. The summed E-state index contributed by atoms with van der Waals surface area (Å²) in [4.78, 5) is 0. The third-order valence-corrected chi connectivity index (χ3v) is 3.28. The van der Waals surface area contributed by atoms with Crippen LogP contribution in [-0.2, 0) is 6.42 Å². The van der Waals surface area contributed by atoms with Crippen LogP contribution in [0, 0.1) is 0 Å². The zero-order valence-electron chi connectivity index (χ0n) is 11.6. The predicted octanol–water partition coefficient (Wildman–Crippen LogP) is 2.95. The second-order valence-electron chi connectivity index (χ2n) is 5.00. The van der Waals surface area contributed by atoms with E-state index in [-0.39, 0.29) is 18.7 Å². The van der Waals surface area contributed by atoms with Gasteiger partial charge in [0.25, 0.3) is 0 Å². The Morgan fingerprint density at radius 1 is 1.30 bits per heavy atom. The van der Waals surface area contributed by atoms with Crippen LogP contribution >= 0.6 is 11.6 Å². The molecule has 1 atom stereocenters. The zero-order valence-corrected chi connectivity index (χ0v) is 12.4. The molecule has 2 N–H and O–H groups in total. The van der Waals surface area contributed by atoms with Gasteiger partial charge in [0.05, 0.1) is 6.04 Å². The van der Waals surface area contributed by atoms with Crippen molar-refractivity contribution in [3.05, 3.63) is 52.4 Å². The second kappa shape index (κ2) is 6.88. The number of rotatable bonds is 6. The van der Waals surface area contributed by atoms with Crippen LogP contribution in [0.3, 0.4) is 0 Å². The Balaban J connectivity index is 2.36. The number of aliphatic hydroxyl groups excluding tert-OH is 1. The molecule has 20 heavy (non-hydrogen) atoms. The van der Waals surface area contributed by atoms with Gasteiger partial charge in [-0.2, -0.15) is 0 Å². The molecule has 0 amide bonds. The number of nitrogens with one attached hydrogen (secondary N) is 1. The molecule has 1 aromatic heterocycles. The average molecular weight is 295 g/mol. The van der Waals surface area contributed by atoms with Gasteiger partial charge < -0.3 is 14.9 Å². The maximum Gasteiger partial charge on any atom is 0.127 e. The quantitative estimate of drug-likeness (QED) is 0.860. The van der Waals surface area contributed by atoms with Gasteiger partial charge in [-0.25, -0.2) is 0 Å². The number of benzene rings is 1. The molecule has 0 fully saturated rings. The van der Waals surface area contributed by atoms with Crippen LogP contribution in [0.2, 0.25) is 5.02 Å². The summed E-state index contributed by atoms with van der Waals surface area (Å²) in [6.45, 7) is 4.23. The monoisotopic (exact) mass is 294 g/mol. The first-order valence-corrected chi connectivity index (χ1v) is 7.05. The Labute approximate surface area is 123 Å². The average Bonchev–Trinajstić information content (AvgIpc) is 2.85. The molecule has 0 saturated carbocycles. The molecule has 1 aromatic carbocycles. The lowest BCUT2D eigenvalue weighted by Gasteiger charge is -2.21. The SMILES string of the molecule is CC(C)NC(c1ccc(Cl)cc1)c1nocc1CCO. The van der Waals surface area contributed by atoms with Gasteiger partial charge in [0, 0.05) is 29.7 Å². The van der Waals surface area contributed by atoms with Gasteiger partial charge in [0.2, 0.25) is 0 Å². The first kappa shape index (κ1) is 15.0. The van der Waals surface area contributed by atoms with Crippen molar-refractivity contribution in [1.82, 2.24) is 10.5 Å². The van der Waals surface area contributed by atoms with E-state index in [9.17, 15) is 0 Å². The fraction of sp³-hybridized carbons (Fsp3) is 0.400. The smallest absolute Gasteiger partial charge is 0.127 e. The van der Waals surface area contributed by atoms with Crippen molar-refractivity contribution < 1.29 is 9.63 Å². The number of halogens is 1. The Kier molecular flexibility index (Phi) is 5.17.